The van der Waals surface area contributed by atoms with Crippen LogP contribution in [0.25, 0.3) is 0 Å². The van der Waals surface area contributed by atoms with Gasteiger partial charge in [0.05, 0.1) is 38.4 Å². The highest BCUT2D eigenvalue weighted by Crippen LogP contribution is 2.13. The first-order chi connectivity index (χ1) is 29.9. The van der Waals surface area contributed by atoms with Crippen LogP contribution in [-0.4, -0.2) is 145 Å². The van der Waals surface area contributed by atoms with Gasteiger partial charge >= 0.3 is 5.97 Å². The third-order valence-corrected chi connectivity index (χ3v) is 9.62. The lowest BCUT2D eigenvalue weighted by Crippen LogP contribution is -2.57. The second-order valence-electron chi connectivity index (χ2n) is 14.8. The summed E-state index contributed by atoms with van der Waals surface area (Å²) in [6.45, 7) is -0.0382. The van der Waals surface area contributed by atoms with Crippen molar-refractivity contribution in [3.8, 4) is 0 Å². The first-order valence-corrected chi connectivity index (χ1v) is 21.4. The number of aromatic nitrogens is 6. The largest absolute Gasteiger partial charge is 0.480 e. The van der Waals surface area contributed by atoms with Crippen molar-refractivity contribution in [2.75, 3.05) is 39.5 Å². The summed E-state index contributed by atoms with van der Waals surface area (Å²) in [6, 6.07) is -4.52. The zero-order valence-electron chi connectivity index (χ0n) is 35.7. The SMILES string of the molecule is CC(=O)N(CC(=O)N[C@@H](CO)C(=O)N[C@@H](CCC(N)=O)C(=O)N[C@H](Cc1c[nH]cn1)C(=O)O)OCCOCCNC(=O)CCCCCCCCCCCCCCCc1nnn[nH]1. The van der Waals surface area contributed by atoms with Crippen LogP contribution >= 0.6 is 0 Å². The number of nitrogens with one attached hydrogen (secondary N) is 6. The van der Waals surface area contributed by atoms with Crippen molar-refractivity contribution in [1.82, 2.24) is 56.9 Å². The number of nitrogens with zero attached hydrogens (tertiary/aromatic N) is 5. The molecule has 0 saturated carbocycles. The Bertz CT molecular complexity index is 1600. The number of carbonyl (C=O) groups is 7. The van der Waals surface area contributed by atoms with Gasteiger partial charge < -0.3 is 46.9 Å². The summed E-state index contributed by atoms with van der Waals surface area (Å²) in [7, 11) is 0. The van der Waals surface area contributed by atoms with Gasteiger partial charge in [-0.05, 0) is 29.7 Å². The number of carboxylic acids is 1. The lowest BCUT2D eigenvalue weighted by molar-refractivity contribution is -0.190. The van der Waals surface area contributed by atoms with E-state index < -0.39 is 66.8 Å². The summed E-state index contributed by atoms with van der Waals surface area (Å²) in [4.78, 5) is 98.3. The predicted octanol–water partition coefficient (Wildman–Crippen LogP) is -0.121. The van der Waals surface area contributed by atoms with Crippen LogP contribution in [0.3, 0.4) is 0 Å². The number of primary amides is 1. The van der Waals surface area contributed by atoms with Crippen LogP contribution in [0.4, 0.5) is 0 Å². The highest BCUT2D eigenvalue weighted by atomic mass is 16.7. The van der Waals surface area contributed by atoms with Crippen LogP contribution < -0.4 is 27.0 Å². The number of rotatable bonds is 37. The fourth-order valence-corrected chi connectivity index (χ4v) is 6.19. The fourth-order valence-electron chi connectivity index (χ4n) is 6.19. The van der Waals surface area contributed by atoms with E-state index in [9.17, 15) is 43.8 Å². The maximum absolute atomic E-state index is 13.0. The van der Waals surface area contributed by atoms with Gasteiger partial charge in [0, 0.05) is 45.3 Å². The molecule has 2 aromatic rings. The molecule has 0 aromatic carbocycles. The Balaban J connectivity index is 1.56. The summed E-state index contributed by atoms with van der Waals surface area (Å²) in [5.41, 5.74) is 5.55. The first-order valence-electron chi connectivity index (χ1n) is 21.4. The third-order valence-electron chi connectivity index (χ3n) is 9.62. The van der Waals surface area contributed by atoms with Crippen LogP contribution in [0.1, 0.15) is 121 Å². The van der Waals surface area contributed by atoms with E-state index >= 15 is 0 Å². The third kappa shape index (κ3) is 24.6. The number of hydrogen-bond donors (Lipinski definition) is 9. The zero-order chi connectivity index (χ0) is 45.4. The van der Waals surface area contributed by atoms with Crippen LogP contribution in [0.5, 0.6) is 0 Å². The number of aliphatic hydroxyl groups is 1. The van der Waals surface area contributed by atoms with Gasteiger partial charge in [0.15, 0.2) is 0 Å². The Hall–Kier alpha value is -5.55. The van der Waals surface area contributed by atoms with E-state index in [2.05, 4.69) is 51.9 Å². The molecule has 2 heterocycles. The number of ether oxygens (including phenoxy) is 1. The minimum absolute atomic E-state index is 0.0335. The Kier molecular flexibility index (Phi) is 27.3. The Morgan fingerprint density at radius 2 is 1.42 bits per heavy atom. The number of tetrazole rings is 1. The maximum Gasteiger partial charge on any atom is 0.326 e. The molecule has 10 N–H and O–H groups in total. The average molecular weight is 879 g/mol. The molecule has 0 fully saturated rings. The molecule has 2 aromatic heterocycles. The maximum atomic E-state index is 13.0. The summed E-state index contributed by atoms with van der Waals surface area (Å²) >= 11 is 0. The molecular formula is C39H66N12O11. The smallest absolute Gasteiger partial charge is 0.326 e. The van der Waals surface area contributed by atoms with Crippen molar-refractivity contribution in [2.45, 2.75) is 141 Å². The number of carbonyl (C=O) groups excluding carboxylic acids is 6. The highest BCUT2D eigenvalue weighted by molar-refractivity contribution is 5.94. The highest BCUT2D eigenvalue weighted by Gasteiger charge is 2.30. The molecule has 0 aliphatic heterocycles. The van der Waals surface area contributed by atoms with Crippen LogP contribution in [0, 0.1) is 0 Å². The number of amides is 6. The molecule has 0 bridgehead atoms. The number of unbranched alkanes of at least 4 members (excludes halogenated alkanes) is 12. The first kappa shape index (κ1) is 52.6. The minimum atomic E-state index is -1.61. The van der Waals surface area contributed by atoms with Gasteiger partial charge in [0.1, 0.15) is 30.5 Å². The van der Waals surface area contributed by atoms with E-state index in [0.29, 0.717) is 18.7 Å². The summed E-state index contributed by atoms with van der Waals surface area (Å²) < 4.78 is 5.46. The molecule has 3 atom stereocenters. The van der Waals surface area contributed by atoms with Gasteiger partial charge in [0.25, 0.3) is 0 Å². The molecule has 23 heteroatoms. The van der Waals surface area contributed by atoms with Gasteiger partial charge in [-0.2, -0.15) is 0 Å². The molecule has 0 unspecified atom stereocenters. The number of aliphatic hydroxyl groups excluding tert-OH is 1. The molecule has 0 aliphatic rings. The molecule has 0 saturated heterocycles. The normalized spacial score (nSPS) is 12.5. The standard InChI is InChI=1S/C39H66N12O11/c1-28(53)51(25-36(56)44-32(26-52)38(58)45-30(17-18-33(40)54)37(57)46-31(39(59)60)23-29-24-41-27-43-29)62-22-21-61-20-19-42-35(55)16-14-12-10-8-6-4-2-3-5-7-9-11-13-15-34-47-49-50-48-34/h24,27,30-32,52H,2-23,25-26H2,1H3,(H2,40,54)(H,41,43)(H,42,55)(H,44,56)(H,45,58)(H,46,57)(H,59,60)(H,47,48,49,50)/t30-,31+,32-/m0/s1. The summed E-state index contributed by atoms with van der Waals surface area (Å²) in [5, 5.41) is 43.7. The number of carboxylic acid groups (broad SMARTS) is 1. The number of nitrogens with two attached hydrogens (primary N) is 1. The minimum Gasteiger partial charge on any atom is -0.480 e. The number of hydroxylamine groups is 2. The van der Waals surface area contributed by atoms with E-state index in [-0.39, 0.29) is 45.0 Å². The van der Waals surface area contributed by atoms with Crippen molar-refractivity contribution in [3.63, 3.8) is 0 Å². The van der Waals surface area contributed by atoms with E-state index in [1.807, 2.05) is 0 Å². The van der Waals surface area contributed by atoms with Crippen molar-refractivity contribution < 1.29 is 53.3 Å². The van der Waals surface area contributed by atoms with Crippen molar-refractivity contribution >= 4 is 41.4 Å². The number of aryl methyl sites for hydroxylation is 1. The quantitative estimate of drug-likeness (QED) is 0.0316. The van der Waals surface area contributed by atoms with Gasteiger partial charge in [-0.1, -0.05) is 70.6 Å². The number of aliphatic carboxylic acids is 1. The molecule has 6 amide bonds. The van der Waals surface area contributed by atoms with Crippen molar-refractivity contribution in [1.29, 1.82) is 0 Å². The Morgan fingerprint density at radius 1 is 0.790 bits per heavy atom. The summed E-state index contributed by atoms with van der Waals surface area (Å²) in [5.74, 6) is -4.92. The molecule has 2 rings (SSSR count). The monoisotopic (exact) mass is 878 g/mol. The van der Waals surface area contributed by atoms with E-state index in [0.717, 1.165) is 49.9 Å². The number of aromatic amines is 2. The van der Waals surface area contributed by atoms with Crippen LogP contribution in [0.2, 0.25) is 0 Å². The van der Waals surface area contributed by atoms with Gasteiger partial charge in [0.2, 0.25) is 35.4 Å². The van der Waals surface area contributed by atoms with Gasteiger partial charge in [-0.15, -0.1) is 5.10 Å². The fraction of sp³-hybridized carbons (Fsp3) is 0.718. The average Bonchev–Trinajstić information content (AvgIpc) is 3.96. The van der Waals surface area contributed by atoms with Gasteiger partial charge in [-0.3, -0.25) is 33.6 Å². The predicted molar refractivity (Wildman–Crippen MR) is 221 cm³/mol. The zero-order valence-corrected chi connectivity index (χ0v) is 35.7. The lowest BCUT2D eigenvalue weighted by Gasteiger charge is -2.24. The van der Waals surface area contributed by atoms with E-state index in [4.69, 9.17) is 15.3 Å². The number of hydrogen-bond acceptors (Lipinski definition) is 14. The van der Waals surface area contributed by atoms with Crippen LogP contribution in [-0.2, 0) is 56.0 Å². The van der Waals surface area contributed by atoms with Crippen molar-refractivity contribution in [2.24, 2.45) is 5.73 Å². The number of H-pyrrole nitrogens is 2. The topological polar surface area (TPSA) is 339 Å². The van der Waals surface area contributed by atoms with Crippen molar-refractivity contribution in [3.05, 3.63) is 24.0 Å². The molecular weight excluding hydrogens is 813 g/mol. The summed E-state index contributed by atoms with van der Waals surface area (Å²) in [6.07, 6.45) is 18.5. The number of imidazole rings is 1. The van der Waals surface area contributed by atoms with E-state index in [1.165, 1.54) is 70.3 Å². The second-order valence-corrected chi connectivity index (χ2v) is 14.8. The van der Waals surface area contributed by atoms with Crippen LogP contribution in [0.15, 0.2) is 12.5 Å². The lowest BCUT2D eigenvalue weighted by atomic mass is 10.0. The molecule has 0 aliphatic carbocycles. The molecule has 348 valence electrons. The second kappa shape index (κ2) is 32.2. The molecule has 62 heavy (non-hydrogen) atoms. The Labute approximate surface area is 361 Å². The molecule has 23 nitrogen and oxygen atoms in total. The molecule has 0 spiro atoms. The molecule has 0 radical (unpaired) electrons. The van der Waals surface area contributed by atoms with E-state index in [1.54, 1.807) is 0 Å². The Morgan fingerprint density at radius 3 is 1.98 bits per heavy atom. The van der Waals surface area contributed by atoms with Gasteiger partial charge in [-0.25, -0.2) is 19.9 Å².